The van der Waals surface area contributed by atoms with Crippen molar-refractivity contribution in [3.8, 4) is 0 Å². The number of carbonyl (C=O) groups is 3. The SMILES string of the molecule is CCN(CC)C1C=CC2=C(/C=C/C=C3/N(CCCCCC(=O)ON4C(=O)CCC4=O)c4ccc(S(=O)(=O)O)cc4C3(C)C)C=C(C(C)(C)C)OC2=C1. The zero-order chi connectivity index (χ0) is 38.0. The van der Waals surface area contributed by atoms with Gasteiger partial charge in [0.2, 0.25) is 0 Å². The molecule has 1 unspecified atom stereocenters. The highest BCUT2D eigenvalue weighted by Crippen LogP contribution is 2.49. The van der Waals surface area contributed by atoms with Crippen LogP contribution in [0, 0.1) is 5.41 Å². The summed E-state index contributed by atoms with van der Waals surface area (Å²) >= 11 is 0. The molecule has 4 aliphatic rings. The summed E-state index contributed by atoms with van der Waals surface area (Å²) < 4.78 is 40.5. The summed E-state index contributed by atoms with van der Waals surface area (Å²) in [5.41, 5.74) is 3.77. The molecule has 0 spiro atoms. The van der Waals surface area contributed by atoms with Crippen molar-refractivity contribution >= 4 is 33.6 Å². The molecule has 1 aliphatic carbocycles. The molecule has 12 heteroatoms. The molecule has 280 valence electrons. The van der Waals surface area contributed by atoms with Crippen molar-refractivity contribution in [3.63, 3.8) is 0 Å². The highest BCUT2D eigenvalue weighted by Gasteiger charge is 2.40. The summed E-state index contributed by atoms with van der Waals surface area (Å²) in [6, 6.07) is 4.82. The first-order chi connectivity index (χ1) is 24.4. The Labute approximate surface area is 307 Å². The van der Waals surface area contributed by atoms with E-state index in [1.54, 1.807) is 6.07 Å². The molecule has 3 heterocycles. The van der Waals surface area contributed by atoms with Gasteiger partial charge < -0.3 is 14.5 Å². The van der Waals surface area contributed by atoms with Crippen molar-refractivity contribution < 1.29 is 36.9 Å². The number of allylic oxidation sites excluding steroid dienone is 8. The summed E-state index contributed by atoms with van der Waals surface area (Å²) in [4.78, 5) is 45.3. The highest BCUT2D eigenvalue weighted by atomic mass is 32.2. The minimum atomic E-state index is -4.41. The first-order valence-corrected chi connectivity index (χ1v) is 19.5. The van der Waals surface area contributed by atoms with Gasteiger partial charge in [-0.25, -0.2) is 4.79 Å². The monoisotopic (exact) mass is 733 g/mol. The van der Waals surface area contributed by atoms with Crippen molar-refractivity contribution in [3.05, 3.63) is 94.7 Å². The summed E-state index contributed by atoms with van der Waals surface area (Å²) in [5.74, 6) is 0.0825. The topological polar surface area (TPSA) is 134 Å². The maximum atomic E-state index is 12.3. The molecule has 1 N–H and O–H groups in total. The second kappa shape index (κ2) is 15.4. The molecule has 2 amide bonds. The molecule has 5 rings (SSSR count). The Morgan fingerprint density at radius 2 is 1.79 bits per heavy atom. The Morgan fingerprint density at radius 3 is 2.42 bits per heavy atom. The molecule has 52 heavy (non-hydrogen) atoms. The summed E-state index contributed by atoms with van der Waals surface area (Å²) in [5, 5.41) is 0.568. The lowest BCUT2D eigenvalue weighted by Gasteiger charge is -2.33. The van der Waals surface area contributed by atoms with E-state index in [-0.39, 0.29) is 35.6 Å². The zero-order valence-corrected chi connectivity index (χ0v) is 32.1. The number of carbonyl (C=O) groups excluding carboxylic acids is 3. The van der Waals surface area contributed by atoms with E-state index in [2.05, 4.69) is 80.9 Å². The van der Waals surface area contributed by atoms with Gasteiger partial charge in [0.25, 0.3) is 21.9 Å². The van der Waals surface area contributed by atoms with Gasteiger partial charge in [0, 0.05) is 53.6 Å². The zero-order valence-electron chi connectivity index (χ0n) is 31.3. The lowest BCUT2D eigenvalue weighted by Crippen LogP contribution is -2.34. The van der Waals surface area contributed by atoms with Gasteiger partial charge in [-0.1, -0.05) is 79.2 Å². The number of fused-ring (bicyclic) bond motifs is 2. The number of hydrogen-bond acceptors (Lipinski definition) is 9. The van der Waals surface area contributed by atoms with Crippen LogP contribution < -0.4 is 4.90 Å². The molecule has 1 aromatic rings. The van der Waals surface area contributed by atoms with E-state index < -0.39 is 33.3 Å². The Balaban J connectivity index is 1.40. The van der Waals surface area contributed by atoms with Crippen LogP contribution in [0.3, 0.4) is 0 Å². The molecule has 0 saturated carbocycles. The Bertz CT molecular complexity index is 1890. The fourth-order valence-corrected chi connectivity index (χ4v) is 7.48. The number of unbranched alkanes of at least 4 members (excludes halogenated alkanes) is 2. The maximum Gasteiger partial charge on any atom is 0.333 e. The predicted molar refractivity (Wildman–Crippen MR) is 199 cm³/mol. The average Bonchev–Trinajstić information content (AvgIpc) is 3.50. The van der Waals surface area contributed by atoms with Gasteiger partial charge in [-0.15, -0.1) is 5.06 Å². The van der Waals surface area contributed by atoms with Gasteiger partial charge in [0.05, 0.1) is 10.9 Å². The van der Waals surface area contributed by atoms with E-state index in [1.807, 2.05) is 19.9 Å². The van der Waals surface area contributed by atoms with Crippen LogP contribution in [0.15, 0.2) is 94.0 Å². The number of likely N-dealkylation sites (N-methyl/N-ethyl adjacent to an activating group) is 1. The van der Waals surface area contributed by atoms with E-state index in [4.69, 9.17) is 9.57 Å². The van der Waals surface area contributed by atoms with Crippen molar-refractivity contribution in [1.29, 1.82) is 0 Å². The normalized spacial score (nSPS) is 20.9. The standard InChI is InChI=1S/C40H51N3O8S/c1-8-41(9-2)28-17-19-30-27(24-35(39(3,4)5)50-33(30)25-28)14-13-15-34-40(6,7)31-26-29(52(47,48)49)18-20-32(31)42(34)23-12-10-11-16-38(46)51-43-36(44)21-22-37(43)45/h13-15,17-20,24-26,28H,8-12,16,21-23H2,1-7H3,(H,47,48,49)/b14-13+,34-15+. The minimum absolute atomic E-state index is 0.0465. The van der Waals surface area contributed by atoms with E-state index in [9.17, 15) is 27.4 Å². The van der Waals surface area contributed by atoms with Crippen LogP contribution in [-0.4, -0.2) is 66.4 Å². The van der Waals surface area contributed by atoms with Crippen LogP contribution in [0.25, 0.3) is 0 Å². The van der Waals surface area contributed by atoms with E-state index >= 15 is 0 Å². The molecule has 3 aliphatic heterocycles. The molecule has 0 aromatic heterocycles. The van der Waals surface area contributed by atoms with E-state index in [1.165, 1.54) is 12.1 Å². The summed E-state index contributed by atoms with van der Waals surface area (Å²) in [6.45, 7) is 17.2. The molecular formula is C40H51N3O8S. The molecule has 1 saturated heterocycles. The van der Waals surface area contributed by atoms with Crippen LogP contribution >= 0.6 is 0 Å². The fourth-order valence-electron chi connectivity index (χ4n) is 6.97. The van der Waals surface area contributed by atoms with Crippen LogP contribution in [0.5, 0.6) is 0 Å². The number of imide groups is 1. The van der Waals surface area contributed by atoms with Crippen LogP contribution in [0.1, 0.15) is 92.6 Å². The van der Waals surface area contributed by atoms with E-state index in [0.29, 0.717) is 30.9 Å². The Kier molecular flexibility index (Phi) is 11.5. The third-order valence-electron chi connectivity index (χ3n) is 9.99. The van der Waals surface area contributed by atoms with Gasteiger partial charge >= 0.3 is 5.97 Å². The van der Waals surface area contributed by atoms with Crippen molar-refractivity contribution in [2.24, 2.45) is 5.41 Å². The molecule has 11 nitrogen and oxygen atoms in total. The molecule has 0 radical (unpaired) electrons. The number of amides is 2. The minimum Gasteiger partial charge on any atom is -0.461 e. The van der Waals surface area contributed by atoms with Gasteiger partial charge in [-0.3, -0.25) is 19.0 Å². The highest BCUT2D eigenvalue weighted by molar-refractivity contribution is 7.85. The van der Waals surface area contributed by atoms with Crippen molar-refractivity contribution in [2.45, 2.75) is 103 Å². The smallest absolute Gasteiger partial charge is 0.333 e. The lowest BCUT2D eigenvalue weighted by molar-refractivity contribution is -0.197. The number of rotatable bonds is 13. The lowest BCUT2D eigenvalue weighted by atomic mass is 9.83. The number of nitrogens with zero attached hydrogens (tertiary/aromatic N) is 3. The van der Waals surface area contributed by atoms with Gasteiger partial charge in [0.1, 0.15) is 11.5 Å². The summed E-state index contributed by atoms with van der Waals surface area (Å²) in [6.07, 6.45) is 16.8. The molecular weight excluding hydrogens is 683 g/mol. The third-order valence-corrected chi connectivity index (χ3v) is 10.8. The fraction of sp³-hybridized carbons (Fsp3) is 0.475. The molecule has 1 atom stereocenters. The number of benzene rings is 1. The maximum absolute atomic E-state index is 12.3. The third kappa shape index (κ3) is 8.35. The van der Waals surface area contributed by atoms with Crippen LogP contribution in [0.2, 0.25) is 0 Å². The second-order valence-corrected chi connectivity index (χ2v) is 16.5. The second-order valence-electron chi connectivity index (χ2n) is 15.0. The van der Waals surface area contributed by atoms with Crippen LogP contribution in [-0.2, 0) is 39.5 Å². The first kappa shape index (κ1) is 39.0. The molecule has 1 fully saturated rings. The van der Waals surface area contributed by atoms with Crippen molar-refractivity contribution in [1.82, 2.24) is 9.96 Å². The molecule has 1 aromatic carbocycles. The summed E-state index contributed by atoms with van der Waals surface area (Å²) in [7, 11) is -4.41. The average molecular weight is 734 g/mol. The Morgan fingerprint density at radius 1 is 1.10 bits per heavy atom. The van der Waals surface area contributed by atoms with Gasteiger partial charge in [0.15, 0.2) is 0 Å². The van der Waals surface area contributed by atoms with Gasteiger partial charge in [-0.05, 0) is 73.5 Å². The number of hydroxylamine groups is 2. The van der Waals surface area contributed by atoms with E-state index in [0.717, 1.165) is 52.7 Å². The number of anilines is 1. The van der Waals surface area contributed by atoms with Gasteiger partial charge in [-0.2, -0.15) is 8.42 Å². The number of ether oxygens (including phenoxy) is 1. The molecule has 0 bridgehead atoms. The largest absolute Gasteiger partial charge is 0.461 e. The quantitative estimate of drug-likeness (QED) is 0.128. The first-order valence-electron chi connectivity index (χ1n) is 18.1. The predicted octanol–water partition coefficient (Wildman–Crippen LogP) is 7.06. The van der Waals surface area contributed by atoms with Crippen molar-refractivity contribution in [2.75, 3.05) is 24.5 Å². The van der Waals surface area contributed by atoms with Crippen LogP contribution in [0.4, 0.5) is 5.69 Å². The Hall–Kier alpha value is -4.26. The number of hydrogen-bond donors (Lipinski definition) is 1.